The number of aryl methyl sites for hydroxylation is 2. The lowest BCUT2D eigenvalue weighted by Crippen LogP contribution is -2.30. The van der Waals surface area contributed by atoms with Crippen LogP contribution in [0.25, 0.3) is 0 Å². The minimum absolute atomic E-state index is 0.498. The lowest BCUT2D eigenvalue weighted by Gasteiger charge is -2.14. The topological polar surface area (TPSA) is 72.7 Å². The van der Waals surface area contributed by atoms with Crippen molar-refractivity contribution in [2.75, 3.05) is 25.1 Å². The fourth-order valence-electron chi connectivity index (χ4n) is 3.63. The molecule has 0 bridgehead atoms. The van der Waals surface area contributed by atoms with Gasteiger partial charge in [0, 0.05) is 43.7 Å². The second kappa shape index (κ2) is 11.2. The highest BCUT2D eigenvalue weighted by atomic mass is 16.5. The number of ether oxygens (including phenoxy) is 2. The summed E-state index contributed by atoms with van der Waals surface area (Å²) in [6.45, 7) is 5.58. The Labute approximate surface area is 189 Å². The van der Waals surface area contributed by atoms with Crippen molar-refractivity contribution in [3.63, 3.8) is 0 Å². The number of aromatic nitrogens is 2. The van der Waals surface area contributed by atoms with Gasteiger partial charge in [0.1, 0.15) is 12.4 Å². The van der Waals surface area contributed by atoms with E-state index in [2.05, 4.69) is 57.4 Å². The number of anilines is 1. The summed E-state index contributed by atoms with van der Waals surface area (Å²) in [4.78, 5) is 9.26. The Morgan fingerprint density at radius 1 is 1.09 bits per heavy atom. The predicted molar refractivity (Wildman–Crippen MR) is 127 cm³/mol. The highest BCUT2D eigenvalue weighted by molar-refractivity contribution is 5.93. The monoisotopic (exact) mass is 433 g/mol. The number of guanidine groups is 1. The molecule has 2 aromatic carbocycles. The Kier molecular flexibility index (Phi) is 7.63. The van der Waals surface area contributed by atoms with Gasteiger partial charge in [-0.15, -0.1) is 0 Å². The molecule has 168 valence electrons. The fraction of sp³-hybridized carbons (Fsp3) is 0.360. The van der Waals surface area contributed by atoms with Crippen molar-refractivity contribution >= 4 is 11.6 Å². The van der Waals surface area contributed by atoms with Crippen LogP contribution in [0.3, 0.4) is 0 Å². The van der Waals surface area contributed by atoms with Crippen LogP contribution in [0, 0.1) is 0 Å². The molecule has 4 rings (SSSR count). The molecule has 3 aromatic rings. The molecule has 2 N–H and O–H groups in total. The van der Waals surface area contributed by atoms with Crippen molar-refractivity contribution < 1.29 is 9.47 Å². The van der Waals surface area contributed by atoms with Crippen molar-refractivity contribution in [1.29, 1.82) is 0 Å². The van der Waals surface area contributed by atoms with Crippen molar-refractivity contribution in [2.24, 2.45) is 4.99 Å². The highest BCUT2D eigenvalue weighted by Crippen LogP contribution is 2.32. The first-order valence-corrected chi connectivity index (χ1v) is 11.3. The van der Waals surface area contributed by atoms with Crippen LogP contribution in [0.2, 0.25) is 0 Å². The van der Waals surface area contributed by atoms with Crippen LogP contribution >= 0.6 is 0 Å². The maximum atomic E-state index is 5.80. The average molecular weight is 434 g/mol. The molecule has 1 aliphatic rings. The van der Waals surface area contributed by atoms with Gasteiger partial charge in [0.05, 0.1) is 13.2 Å². The lowest BCUT2D eigenvalue weighted by atomic mass is 10.1. The number of imidazole rings is 1. The summed E-state index contributed by atoms with van der Waals surface area (Å²) in [6, 6.07) is 16.4. The van der Waals surface area contributed by atoms with Crippen molar-refractivity contribution in [3.05, 3.63) is 72.3 Å². The van der Waals surface area contributed by atoms with E-state index in [1.54, 1.807) is 0 Å². The summed E-state index contributed by atoms with van der Waals surface area (Å²) < 4.78 is 13.7. The molecule has 0 radical (unpaired) electrons. The lowest BCUT2D eigenvalue weighted by molar-refractivity contribution is 0.297. The zero-order valence-corrected chi connectivity index (χ0v) is 18.6. The Morgan fingerprint density at radius 3 is 2.78 bits per heavy atom. The van der Waals surface area contributed by atoms with E-state index in [9.17, 15) is 0 Å². The molecule has 0 spiro atoms. The van der Waals surface area contributed by atoms with Gasteiger partial charge in [-0.3, -0.25) is 0 Å². The Bertz CT molecular complexity index is 1020. The van der Waals surface area contributed by atoms with Crippen LogP contribution in [0.15, 0.2) is 65.9 Å². The van der Waals surface area contributed by atoms with Crippen LogP contribution in [0.1, 0.15) is 31.2 Å². The van der Waals surface area contributed by atoms with Crippen LogP contribution in [0.5, 0.6) is 11.5 Å². The van der Waals surface area contributed by atoms with Gasteiger partial charge in [-0.05, 0) is 37.5 Å². The molecule has 0 fully saturated rings. The average Bonchev–Trinajstić information content (AvgIpc) is 3.13. The van der Waals surface area contributed by atoms with Gasteiger partial charge >= 0.3 is 0 Å². The largest absolute Gasteiger partial charge is 0.490 e. The molecule has 0 saturated heterocycles. The molecule has 7 nitrogen and oxygen atoms in total. The number of aliphatic imine (C=N–C) groups is 1. The second-order valence-corrected chi connectivity index (χ2v) is 7.66. The number of nitrogens with zero attached hydrogens (tertiary/aromatic N) is 3. The summed E-state index contributed by atoms with van der Waals surface area (Å²) in [6.07, 6.45) is 6.87. The summed E-state index contributed by atoms with van der Waals surface area (Å²) >= 11 is 0. The molecule has 0 aliphatic carbocycles. The molecule has 1 aliphatic heterocycles. The summed E-state index contributed by atoms with van der Waals surface area (Å²) in [7, 11) is 0. The Hall–Kier alpha value is -3.48. The van der Waals surface area contributed by atoms with Crippen molar-refractivity contribution in [2.45, 2.75) is 39.3 Å². The number of hydrogen-bond acceptors (Lipinski definition) is 4. The van der Waals surface area contributed by atoms with Gasteiger partial charge in [-0.1, -0.05) is 30.3 Å². The number of rotatable bonds is 8. The van der Waals surface area contributed by atoms with E-state index in [1.165, 1.54) is 5.56 Å². The van der Waals surface area contributed by atoms with E-state index < -0.39 is 0 Å². The minimum Gasteiger partial charge on any atom is -0.490 e. The van der Waals surface area contributed by atoms with Crippen molar-refractivity contribution in [1.82, 2.24) is 14.9 Å². The van der Waals surface area contributed by atoms with Gasteiger partial charge in [0.2, 0.25) is 0 Å². The summed E-state index contributed by atoms with van der Waals surface area (Å²) in [5.41, 5.74) is 2.26. The van der Waals surface area contributed by atoms with E-state index >= 15 is 0 Å². The van der Waals surface area contributed by atoms with E-state index in [0.717, 1.165) is 55.4 Å². The fourth-order valence-corrected chi connectivity index (χ4v) is 3.63. The smallest absolute Gasteiger partial charge is 0.196 e. The second-order valence-electron chi connectivity index (χ2n) is 7.66. The zero-order chi connectivity index (χ0) is 22.0. The van der Waals surface area contributed by atoms with Crippen LogP contribution in [-0.4, -0.2) is 35.3 Å². The first-order valence-electron chi connectivity index (χ1n) is 11.3. The molecule has 0 atom stereocenters. The van der Waals surface area contributed by atoms with Gasteiger partial charge < -0.3 is 24.7 Å². The standard InChI is InChI=1S/C25H31N5O2/c1-2-26-25(29-21-11-12-22-23(18-21)32-17-7-16-31-22)28-19-24-27-13-15-30(24)14-6-10-20-8-4-3-5-9-20/h3-5,8-9,11-13,15,18H,2,6-7,10,14,16-17,19H2,1H3,(H2,26,28,29). The molecule has 7 heteroatoms. The van der Waals surface area contributed by atoms with Gasteiger partial charge in [0.15, 0.2) is 17.5 Å². The number of fused-ring (bicyclic) bond motifs is 1. The van der Waals surface area contributed by atoms with Crippen LogP contribution in [0.4, 0.5) is 5.69 Å². The molecule has 0 unspecified atom stereocenters. The predicted octanol–water partition coefficient (Wildman–Crippen LogP) is 4.25. The SMILES string of the molecule is CCNC(=NCc1nccn1CCCc1ccccc1)Nc1ccc2c(c1)OCCCO2. The van der Waals surface area contributed by atoms with Crippen LogP contribution < -0.4 is 20.1 Å². The third kappa shape index (κ3) is 6.03. The van der Waals surface area contributed by atoms with E-state index in [0.29, 0.717) is 25.7 Å². The summed E-state index contributed by atoms with van der Waals surface area (Å²) in [5.74, 6) is 3.21. The normalized spacial score (nSPS) is 13.5. The quantitative estimate of drug-likeness (QED) is 0.410. The van der Waals surface area contributed by atoms with Gasteiger partial charge in [-0.2, -0.15) is 0 Å². The Morgan fingerprint density at radius 2 is 1.94 bits per heavy atom. The zero-order valence-electron chi connectivity index (χ0n) is 18.6. The van der Waals surface area contributed by atoms with Crippen LogP contribution in [-0.2, 0) is 19.5 Å². The molecular formula is C25H31N5O2. The molecule has 0 saturated carbocycles. The molecule has 2 heterocycles. The molecule has 1 aromatic heterocycles. The first-order chi connectivity index (χ1) is 15.8. The number of benzene rings is 2. The maximum Gasteiger partial charge on any atom is 0.196 e. The third-order valence-electron chi connectivity index (χ3n) is 5.24. The van der Waals surface area contributed by atoms with Crippen molar-refractivity contribution in [3.8, 4) is 11.5 Å². The Balaban J connectivity index is 1.37. The third-order valence-corrected chi connectivity index (χ3v) is 5.24. The van der Waals surface area contributed by atoms with Gasteiger partial charge in [-0.25, -0.2) is 9.98 Å². The number of nitrogens with one attached hydrogen (secondary N) is 2. The van der Waals surface area contributed by atoms with E-state index in [1.807, 2.05) is 30.6 Å². The highest BCUT2D eigenvalue weighted by Gasteiger charge is 2.11. The van der Waals surface area contributed by atoms with E-state index in [-0.39, 0.29) is 0 Å². The van der Waals surface area contributed by atoms with Gasteiger partial charge in [0.25, 0.3) is 0 Å². The summed E-state index contributed by atoms with van der Waals surface area (Å²) in [5, 5.41) is 6.66. The number of hydrogen-bond donors (Lipinski definition) is 2. The molecule has 32 heavy (non-hydrogen) atoms. The molecule has 0 amide bonds. The first kappa shape index (κ1) is 21.7. The molecular weight excluding hydrogens is 402 g/mol. The maximum absolute atomic E-state index is 5.80. The van der Waals surface area contributed by atoms with E-state index in [4.69, 9.17) is 14.5 Å². The minimum atomic E-state index is 0.498.